The van der Waals surface area contributed by atoms with E-state index in [-0.39, 0.29) is 17.2 Å². The van der Waals surface area contributed by atoms with E-state index in [1.54, 1.807) is 24.9 Å². The van der Waals surface area contributed by atoms with Crippen molar-refractivity contribution in [3.8, 4) is 5.75 Å². The minimum Gasteiger partial charge on any atom is -0.496 e. The summed E-state index contributed by atoms with van der Waals surface area (Å²) in [5, 5.41) is 3.19. The maximum Gasteiger partial charge on any atom is 0.132 e. The Kier molecular flexibility index (Phi) is 5.54. The van der Waals surface area contributed by atoms with Crippen LogP contribution in [0.4, 0.5) is 4.39 Å². The van der Waals surface area contributed by atoms with Crippen molar-refractivity contribution in [2.75, 3.05) is 26.8 Å². The number of ether oxygens (including phenoxy) is 2. The molecule has 2 aromatic carbocycles. The van der Waals surface area contributed by atoms with E-state index < -0.39 is 0 Å². The summed E-state index contributed by atoms with van der Waals surface area (Å²) in [5.74, 6) is 0.594. The van der Waals surface area contributed by atoms with E-state index >= 15 is 0 Å². The van der Waals surface area contributed by atoms with Crippen LogP contribution in [0.5, 0.6) is 5.75 Å². The summed E-state index contributed by atoms with van der Waals surface area (Å²) >= 11 is 1.58. The van der Waals surface area contributed by atoms with E-state index in [4.69, 9.17) is 9.47 Å². The highest BCUT2D eigenvalue weighted by atomic mass is 32.2. The first kappa shape index (κ1) is 16.3. The van der Waals surface area contributed by atoms with Crippen molar-refractivity contribution in [3.63, 3.8) is 0 Å². The number of thioether (sulfide) groups is 1. The summed E-state index contributed by atoms with van der Waals surface area (Å²) in [6.45, 7) is 2.18. The quantitative estimate of drug-likeness (QED) is 0.846. The molecule has 2 atom stereocenters. The lowest BCUT2D eigenvalue weighted by Crippen LogP contribution is -2.41. The number of hydrogen-bond donors (Lipinski definition) is 1. The molecule has 1 aliphatic heterocycles. The molecule has 0 amide bonds. The molecule has 23 heavy (non-hydrogen) atoms. The zero-order chi connectivity index (χ0) is 16.1. The van der Waals surface area contributed by atoms with E-state index in [2.05, 4.69) is 5.32 Å². The van der Waals surface area contributed by atoms with Crippen molar-refractivity contribution in [1.29, 1.82) is 0 Å². The number of methoxy groups -OCH3 is 1. The molecule has 2 aromatic rings. The molecule has 1 fully saturated rings. The monoisotopic (exact) mass is 333 g/mol. The largest absolute Gasteiger partial charge is 0.496 e. The van der Waals surface area contributed by atoms with Gasteiger partial charge in [-0.25, -0.2) is 4.39 Å². The SMILES string of the molecule is COc1ccccc1S[C@@H](c1ccccc1F)[C@@H]1CNCCO1. The summed E-state index contributed by atoms with van der Waals surface area (Å²) in [5.41, 5.74) is 0.664. The van der Waals surface area contributed by atoms with Crippen LogP contribution in [0.25, 0.3) is 0 Å². The van der Waals surface area contributed by atoms with Gasteiger partial charge in [-0.15, -0.1) is 11.8 Å². The van der Waals surface area contributed by atoms with Crippen molar-refractivity contribution in [2.24, 2.45) is 0 Å². The van der Waals surface area contributed by atoms with Gasteiger partial charge in [-0.1, -0.05) is 30.3 Å². The standard InChI is InChI=1S/C18H20FNO2S/c1-21-15-8-4-5-9-17(15)23-18(16-12-20-10-11-22-16)13-6-2-3-7-14(13)19/h2-9,16,18,20H,10-12H2,1H3/t16-,18-/m0/s1. The van der Waals surface area contributed by atoms with Crippen LogP contribution in [0.15, 0.2) is 53.4 Å². The Morgan fingerprint density at radius 2 is 2.00 bits per heavy atom. The number of nitrogens with one attached hydrogen (secondary N) is 1. The highest BCUT2D eigenvalue weighted by molar-refractivity contribution is 7.99. The third kappa shape index (κ3) is 3.86. The lowest BCUT2D eigenvalue weighted by atomic mass is 10.1. The zero-order valence-electron chi connectivity index (χ0n) is 13.0. The Bertz CT molecular complexity index is 646. The fourth-order valence-corrected chi connectivity index (χ4v) is 4.02. The fraction of sp³-hybridized carbons (Fsp3) is 0.333. The molecule has 1 N–H and O–H groups in total. The average Bonchev–Trinajstić information content (AvgIpc) is 2.61. The number of benzene rings is 2. The molecule has 3 rings (SSSR count). The van der Waals surface area contributed by atoms with Crippen molar-refractivity contribution in [2.45, 2.75) is 16.2 Å². The minimum absolute atomic E-state index is 0.0874. The molecule has 1 aliphatic rings. The second kappa shape index (κ2) is 7.81. The van der Waals surface area contributed by atoms with Crippen LogP contribution in [0.1, 0.15) is 10.8 Å². The molecule has 1 heterocycles. The van der Waals surface area contributed by atoms with E-state index in [9.17, 15) is 4.39 Å². The van der Waals surface area contributed by atoms with Gasteiger partial charge in [0.2, 0.25) is 0 Å². The predicted octanol–water partition coefficient (Wildman–Crippen LogP) is 3.66. The van der Waals surface area contributed by atoms with Crippen LogP contribution in [0.3, 0.4) is 0 Å². The summed E-state index contributed by atoms with van der Waals surface area (Å²) in [4.78, 5) is 0.984. The van der Waals surface area contributed by atoms with Crippen LogP contribution in [-0.2, 0) is 4.74 Å². The van der Waals surface area contributed by atoms with Gasteiger partial charge in [0.1, 0.15) is 11.6 Å². The molecule has 0 aliphatic carbocycles. The first-order valence-electron chi connectivity index (χ1n) is 7.66. The van der Waals surface area contributed by atoms with E-state index in [1.165, 1.54) is 6.07 Å². The Labute approximate surface area is 140 Å². The molecule has 0 saturated carbocycles. The van der Waals surface area contributed by atoms with Gasteiger partial charge in [-0.05, 0) is 18.2 Å². The Hall–Kier alpha value is -1.56. The van der Waals surface area contributed by atoms with Crippen LogP contribution >= 0.6 is 11.8 Å². The highest BCUT2D eigenvalue weighted by Crippen LogP contribution is 2.43. The second-order valence-electron chi connectivity index (χ2n) is 5.32. The van der Waals surface area contributed by atoms with Gasteiger partial charge in [0.25, 0.3) is 0 Å². The summed E-state index contributed by atoms with van der Waals surface area (Å²) in [7, 11) is 1.65. The minimum atomic E-state index is -0.200. The molecule has 122 valence electrons. The maximum atomic E-state index is 14.4. The van der Waals surface area contributed by atoms with Crippen molar-refractivity contribution >= 4 is 11.8 Å². The molecule has 0 unspecified atom stereocenters. The number of rotatable bonds is 5. The number of morpholine rings is 1. The van der Waals surface area contributed by atoms with Gasteiger partial charge in [0.05, 0.1) is 30.0 Å². The van der Waals surface area contributed by atoms with E-state index in [0.717, 1.165) is 17.2 Å². The molecular weight excluding hydrogens is 313 g/mol. The molecular formula is C18H20FNO2S. The van der Waals surface area contributed by atoms with Gasteiger partial charge in [-0.3, -0.25) is 0 Å². The number of hydrogen-bond acceptors (Lipinski definition) is 4. The lowest BCUT2D eigenvalue weighted by Gasteiger charge is -2.31. The maximum absolute atomic E-state index is 14.4. The summed E-state index contributed by atoms with van der Waals surface area (Å²) in [6, 6.07) is 14.7. The van der Waals surface area contributed by atoms with E-state index in [0.29, 0.717) is 18.7 Å². The molecule has 1 saturated heterocycles. The van der Waals surface area contributed by atoms with Gasteiger partial charge < -0.3 is 14.8 Å². The van der Waals surface area contributed by atoms with Crippen LogP contribution in [0.2, 0.25) is 0 Å². The van der Waals surface area contributed by atoms with E-state index in [1.807, 2.05) is 36.4 Å². The second-order valence-corrected chi connectivity index (χ2v) is 6.51. The smallest absolute Gasteiger partial charge is 0.132 e. The normalized spacial score (nSPS) is 19.3. The third-order valence-corrected chi connectivity index (χ3v) is 5.23. The predicted molar refractivity (Wildman–Crippen MR) is 90.6 cm³/mol. The molecule has 0 spiro atoms. The summed E-state index contributed by atoms with van der Waals surface area (Å²) < 4.78 is 25.7. The van der Waals surface area contributed by atoms with Crippen molar-refractivity contribution in [3.05, 3.63) is 59.9 Å². The molecule has 3 nitrogen and oxygen atoms in total. The van der Waals surface area contributed by atoms with Crippen LogP contribution < -0.4 is 10.1 Å². The van der Waals surface area contributed by atoms with Gasteiger partial charge in [-0.2, -0.15) is 0 Å². The molecule has 0 aromatic heterocycles. The van der Waals surface area contributed by atoms with Gasteiger partial charge in [0.15, 0.2) is 0 Å². The highest BCUT2D eigenvalue weighted by Gasteiger charge is 2.29. The molecule has 0 radical (unpaired) electrons. The number of halogens is 1. The topological polar surface area (TPSA) is 30.5 Å². The lowest BCUT2D eigenvalue weighted by molar-refractivity contribution is 0.0268. The van der Waals surface area contributed by atoms with Crippen LogP contribution in [0, 0.1) is 5.82 Å². The Morgan fingerprint density at radius 1 is 1.22 bits per heavy atom. The zero-order valence-corrected chi connectivity index (χ0v) is 13.8. The van der Waals surface area contributed by atoms with Gasteiger partial charge in [0, 0.05) is 18.7 Å². The Balaban J connectivity index is 1.93. The fourth-order valence-electron chi connectivity index (χ4n) is 2.68. The van der Waals surface area contributed by atoms with Crippen molar-refractivity contribution < 1.29 is 13.9 Å². The first-order chi connectivity index (χ1) is 11.3. The molecule has 5 heteroatoms. The van der Waals surface area contributed by atoms with Gasteiger partial charge >= 0.3 is 0 Å². The summed E-state index contributed by atoms with van der Waals surface area (Å²) in [6.07, 6.45) is -0.0874. The first-order valence-corrected chi connectivity index (χ1v) is 8.54. The average molecular weight is 333 g/mol. The Morgan fingerprint density at radius 3 is 2.74 bits per heavy atom. The number of para-hydroxylation sites is 1. The van der Waals surface area contributed by atoms with Crippen molar-refractivity contribution in [1.82, 2.24) is 5.32 Å². The molecule has 0 bridgehead atoms. The third-order valence-electron chi connectivity index (χ3n) is 3.83. The van der Waals surface area contributed by atoms with Crippen LogP contribution in [-0.4, -0.2) is 32.9 Å².